The number of furan rings is 1. The van der Waals surface area contributed by atoms with Gasteiger partial charge in [-0.25, -0.2) is 0 Å². The van der Waals surface area contributed by atoms with Gasteiger partial charge in [0.2, 0.25) is 0 Å². The van der Waals surface area contributed by atoms with Crippen molar-refractivity contribution in [2.24, 2.45) is 5.92 Å². The van der Waals surface area contributed by atoms with Crippen LogP contribution in [0.4, 0.5) is 0 Å². The van der Waals surface area contributed by atoms with Crippen LogP contribution in [0.3, 0.4) is 0 Å². The summed E-state index contributed by atoms with van der Waals surface area (Å²) in [6.07, 6.45) is 4.76. The minimum absolute atomic E-state index is 0.0880. The highest BCUT2D eigenvalue weighted by Crippen LogP contribution is 2.25. The predicted octanol–water partition coefficient (Wildman–Crippen LogP) is 3.74. The number of nitrogens with one attached hydrogen (secondary N) is 1. The van der Waals surface area contributed by atoms with Gasteiger partial charge in [-0.3, -0.25) is 4.79 Å². The van der Waals surface area contributed by atoms with E-state index in [1.54, 1.807) is 0 Å². The van der Waals surface area contributed by atoms with E-state index in [2.05, 4.69) is 12.2 Å². The summed E-state index contributed by atoms with van der Waals surface area (Å²) in [6.45, 7) is 2.21. The van der Waals surface area contributed by atoms with E-state index in [0.717, 1.165) is 17.4 Å². The molecule has 1 saturated carbocycles. The Labute approximate surface area is 113 Å². The third-order valence-electron chi connectivity index (χ3n) is 4.08. The van der Waals surface area contributed by atoms with Gasteiger partial charge in [0, 0.05) is 11.4 Å². The normalized spacial score (nSPS) is 23.4. The molecule has 1 heterocycles. The van der Waals surface area contributed by atoms with Crippen LogP contribution in [0.25, 0.3) is 11.0 Å². The molecule has 2 aromatic rings. The Kier molecular flexibility index (Phi) is 3.28. The summed E-state index contributed by atoms with van der Waals surface area (Å²) in [6, 6.07) is 9.81. The largest absolute Gasteiger partial charge is 0.451 e. The number of fused-ring (bicyclic) bond motifs is 1. The highest BCUT2D eigenvalue weighted by molar-refractivity contribution is 5.96. The zero-order chi connectivity index (χ0) is 13.2. The number of hydrogen-bond acceptors (Lipinski definition) is 2. The van der Waals surface area contributed by atoms with E-state index < -0.39 is 0 Å². The summed E-state index contributed by atoms with van der Waals surface area (Å²) in [5.41, 5.74) is 0.768. The van der Waals surface area contributed by atoms with Crippen LogP contribution >= 0.6 is 0 Å². The molecule has 0 bridgehead atoms. The van der Waals surface area contributed by atoms with Crippen molar-refractivity contribution < 1.29 is 9.21 Å². The monoisotopic (exact) mass is 257 g/mol. The number of para-hydroxylation sites is 1. The highest BCUT2D eigenvalue weighted by atomic mass is 16.3. The Morgan fingerprint density at radius 1 is 1.26 bits per heavy atom. The molecule has 0 spiro atoms. The lowest BCUT2D eigenvalue weighted by atomic mass is 9.86. The zero-order valence-corrected chi connectivity index (χ0v) is 11.2. The minimum Gasteiger partial charge on any atom is -0.451 e. The molecule has 0 radical (unpaired) electrons. The molecule has 3 rings (SSSR count). The summed E-state index contributed by atoms with van der Waals surface area (Å²) in [5.74, 6) is 0.885. The van der Waals surface area contributed by atoms with E-state index in [-0.39, 0.29) is 11.9 Å². The van der Waals surface area contributed by atoms with Crippen LogP contribution in [0.15, 0.2) is 34.7 Å². The maximum atomic E-state index is 12.2. The molecule has 1 amide bonds. The molecular weight excluding hydrogens is 238 g/mol. The SMILES string of the molecule is C[C@@H]1CCCC[C@H]1NC(=O)c1cc2ccccc2o1. The number of benzene rings is 1. The quantitative estimate of drug-likeness (QED) is 0.890. The fourth-order valence-electron chi connectivity index (χ4n) is 2.86. The van der Waals surface area contributed by atoms with Gasteiger partial charge in [0.25, 0.3) is 5.91 Å². The summed E-state index contributed by atoms with van der Waals surface area (Å²) in [7, 11) is 0. The molecule has 1 aliphatic rings. The van der Waals surface area contributed by atoms with Crippen molar-refractivity contribution in [2.45, 2.75) is 38.6 Å². The van der Waals surface area contributed by atoms with E-state index in [4.69, 9.17) is 4.42 Å². The van der Waals surface area contributed by atoms with E-state index >= 15 is 0 Å². The van der Waals surface area contributed by atoms with Gasteiger partial charge in [0.05, 0.1) is 0 Å². The topological polar surface area (TPSA) is 42.2 Å². The van der Waals surface area contributed by atoms with E-state index in [1.165, 1.54) is 19.3 Å². The van der Waals surface area contributed by atoms with E-state index in [1.807, 2.05) is 30.3 Å². The van der Waals surface area contributed by atoms with Crippen molar-refractivity contribution in [3.8, 4) is 0 Å². The van der Waals surface area contributed by atoms with Crippen molar-refractivity contribution in [3.63, 3.8) is 0 Å². The van der Waals surface area contributed by atoms with Crippen LogP contribution in [0.1, 0.15) is 43.2 Å². The molecule has 2 atom stereocenters. The van der Waals surface area contributed by atoms with Gasteiger partial charge in [-0.1, -0.05) is 38.0 Å². The molecule has 100 valence electrons. The van der Waals surface area contributed by atoms with Gasteiger partial charge in [0.15, 0.2) is 5.76 Å². The Balaban J connectivity index is 1.76. The minimum atomic E-state index is -0.0880. The second-order valence-corrected chi connectivity index (χ2v) is 5.49. The summed E-state index contributed by atoms with van der Waals surface area (Å²) in [5, 5.41) is 4.09. The fourth-order valence-corrected chi connectivity index (χ4v) is 2.86. The van der Waals surface area contributed by atoms with Gasteiger partial charge in [-0.2, -0.15) is 0 Å². The lowest BCUT2D eigenvalue weighted by Crippen LogP contribution is -2.40. The molecule has 1 aromatic carbocycles. The molecule has 0 saturated heterocycles. The van der Waals surface area contributed by atoms with Crippen LogP contribution in [0.2, 0.25) is 0 Å². The van der Waals surface area contributed by atoms with Crippen molar-refractivity contribution >= 4 is 16.9 Å². The fraction of sp³-hybridized carbons (Fsp3) is 0.438. The summed E-state index contributed by atoms with van der Waals surface area (Å²) >= 11 is 0. The van der Waals surface area contributed by atoms with Gasteiger partial charge < -0.3 is 9.73 Å². The predicted molar refractivity (Wildman–Crippen MR) is 75.1 cm³/mol. The van der Waals surface area contributed by atoms with Crippen LogP contribution in [-0.2, 0) is 0 Å². The summed E-state index contributed by atoms with van der Waals surface area (Å²) in [4.78, 5) is 12.2. The molecule has 1 aromatic heterocycles. The molecule has 1 fully saturated rings. The zero-order valence-electron chi connectivity index (χ0n) is 11.2. The molecule has 3 heteroatoms. The molecule has 19 heavy (non-hydrogen) atoms. The molecule has 0 unspecified atom stereocenters. The standard InChI is InChI=1S/C16H19NO2/c1-11-6-2-4-8-13(11)17-16(18)15-10-12-7-3-5-9-14(12)19-15/h3,5,7,9-11,13H,2,4,6,8H2,1H3,(H,17,18)/t11-,13-/m1/s1. The lowest BCUT2D eigenvalue weighted by Gasteiger charge is -2.29. The Morgan fingerprint density at radius 2 is 2.05 bits per heavy atom. The first-order valence-corrected chi connectivity index (χ1v) is 7.03. The molecule has 1 N–H and O–H groups in total. The maximum absolute atomic E-state index is 12.2. The van der Waals surface area contributed by atoms with Crippen molar-refractivity contribution in [2.75, 3.05) is 0 Å². The Morgan fingerprint density at radius 3 is 2.84 bits per heavy atom. The van der Waals surface area contributed by atoms with E-state index in [9.17, 15) is 4.79 Å². The van der Waals surface area contributed by atoms with Gasteiger partial charge in [-0.05, 0) is 30.9 Å². The molecule has 1 aliphatic carbocycles. The highest BCUT2D eigenvalue weighted by Gasteiger charge is 2.24. The smallest absolute Gasteiger partial charge is 0.287 e. The third kappa shape index (κ3) is 2.50. The van der Waals surface area contributed by atoms with E-state index in [0.29, 0.717) is 11.7 Å². The van der Waals surface area contributed by atoms with Crippen molar-refractivity contribution in [3.05, 3.63) is 36.1 Å². The number of hydrogen-bond donors (Lipinski definition) is 1. The second-order valence-electron chi connectivity index (χ2n) is 5.49. The third-order valence-corrected chi connectivity index (χ3v) is 4.08. The molecular formula is C16H19NO2. The average molecular weight is 257 g/mol. The Hall–Kier alpha value is -1.77. The first-order chi connectivity index (χ1) is 9.24. The van der Waals surface area contributed by atoms with Gasteiger partial charge >= 0.3 is 0 Å². The number of carbonyl (C=O) groups is 1. The first kappa shape index (κ1) is 12.3. The van der Waals surface area contributed by atoms with Crippen molar-refractivity contribution in [1.29, 1.82) is 0 Å². The Bertz CT molecular complexity index is 554. The average Bonchev–Trinajstić information content (AvgIpc) is 2.85. The maximum Gasteiger partial charge on any atom is 0.287 e. The van der Waals surface area contributed by atoms with Gasteiger partial charge in [-0.15, -0.1) is 0 Å². The van der Waals surface area contributed by atoms with Crippen LogP contribution in [0, 0.1) is 5.92 Å². The van der Waals surface area contributed by atoms with Gasteiger partial charge in [0.1, 0.15) is 5.58 Å². The number of carbonyl (C=O) groups excluding carboxylic acids is 1. The summed E-state index contributed by atoms with van der Waals surface area (Å²) < 4.78 is 5.59. The van der Waals surface area contributed by atoms with Crippen molar-refractivity contribution in [1.82, 2.24) is 5.32 Å². The van der Waals surface area contributed by atoms with Crippen LogP contribution < -0.4 is 5.32 Å². The van der Waals surface area contributed by atoms with Crippen LogP contribution in [0.5, 0.6) is 0 Å². The number of rotatable bonds is 2. The number of amides is 1. The molecule has 3 nitrogen and oxygen atoms in total. The first-order valence-electron chi connectivity index (χ1n) is 7.03. The lowest BCUT2D eigenvalue weighted by molar-refractivity contribution is 0.0884. The second kappa shape index (κ2) is 5.08. The molecule has 0 aliphatic heterocycles. The van der Waals surface area contributed by atoms with Crippen LogP contribution in [-0.4, -0.2) is 11.9 Å².